The lowest BCUT2D eigenvalue weighted by Gasteiger charge is -2.21. The van der Waals surface area contributed by atoms with Crippen LogP contribution < -0.4 is 10.3 Å². The fourth-order valence-corrected chi connectivity index (χ4v) is 3.01. The lowest BCUT2D eigenvalue weighted by molar-refractivity contribution is 0.290. The van der Waals surface area contributed by atoms with Crippen molar-refractivity contribution in [1.82, 2.24) is 4.57 Å². The molecule has 0 amide bonds. The first-order valence-corrected chi connectivity index (χ1v) is 7.21. The molecular formula is C18H15NO2. The lowest BCUT2D eigenvalue weighted by atomic mass is 10.0. The van der Waals surface area contributed by atoms with Crippen molar-refractivity contribution in [2.45, 2.75) is 12.8 Å². The zero-order valence-corrected chi connectivity index (χ0v) is 11.6. The molecule has 0 saturated heterocycles. The summed E-state index contributed by atoms with van der Waals surface area (Å²) < 4.78 is 7.59. The number of nitrogens with zero attached hydrogens (tertiary/aromatic N) is 1. The SMILES string of the molecule is O=c1c2c(c3ccccc3n1-c1ccccc1)OCCC2. The Bertz CT molecular complexity index is 866. The third kappa shape index (κ3) is 1.85. The Morgan fingerprint density at radius 2 is 1.71 bits per heavy atom. The van der Waals surface area contributed by atoms with E-state index >= 15 is 0 Å². The maximum Gasteiger partial charge on any atom is 0.262 e. The molecule has 0 saturated carbocycles. The molecule has 0 atom stereocenters. The van der Waals surface area contributed by atoms with Crippen LogP contribution in [-0.2, 0) is 6.42 Å². The molecule has 1 aliphatic rings. The molecular weight excluding hydrogens is 262 g/mol. The molecule has 2 aromatic carbocycles. The average Bonchev–Trinajstić information content (AvgIpc) is 2.56. The van der Waals surface area contributed by atoms with Gasteiger partial charge in [-0.15, -0.1) is 0 Å². The van der Waals surface area contributed by atoms with Gasteiger partial charge in [0.25, 0.3) is 5.56 Å². The summed E-state index contributed by atoms with van der Waals surface area (Å²) in [5.41, 5.74) is 2.62. The van der Waals surface area contributed by atoms with Crippen LogP contribution in [0.5, 0.6) is 5.75 Å². The Labute approximate surface area is 122 Å². The van der Waals surface area contributed by atoms with Crippen molar-refractivity contribution in [2.75, 3.05) is 6.61 Å². The third-order valence-electron chi connectivity index (χ3n) is 3.96. The van der Waals surface area contributed by atoms with Gasteiger partial charge in [0.05, 0.1) is 17.7 Å². The number of fused-ring (bicyclic) bond motifs is 3. The van der Waals surface area contributed by atoms with Crippen LogP contribution in [0, 0.1) is 0 Å². The van der Waals surface area contributed by atoms with E-state index < -0.39 is 0 Å². The second-order valence-electron chi connectivity index (χ2n) is 5.25. The highest BCUT2D eigenvalue weighted by atomic mass is 16.5. The Kier molecular flexibility index (Phi) is 2.78. The first-order chi connectivity index (χ1) is 10.4. The summed E-state index contributed by atoms with van der Waals surface area (Å²) >= 11 is 0. The van der Waals surface area contributed by atoms with E-state index in [0.29, 0.717) is 6.61 Å². The highest BCUT2D eigenvalue weighted by Gasteiger charge is 2.21. The predicted octanol–water partition coefficient (Wildman–Crippen LogP) is 3.32. The van der Waals surface area contributed by atoms with E-state index in [1.807, 2.05) is 54.6 Å². The standard InChI is InChI=1S/C18H15NO2/c20-18-15-10-6-12-21-17(15)14-9-4-5-11-16(14)19(18)13-7-2-1-3-8-13/h1-5,7-9,11H,6,10,12H2. The molecule has 3 aromatic rings. The van der Waals surface area contributed by atoms with Crippen LogP contribution in [0.2, 0.25) is 0 Å². The quantitative estimate of drug-likeness (QED) is 0.683. The number of hydrogen-bond acceptors (Lipinski definition) is 2. The molecule has 1 aromatic heterocycles. The molecule has 21 heavy (non-hydrogen) atoms. The smallest absolute Gasteiger partial charge is 0.262 e. The minimum atomic E-state index is 0.0367. The summed E-state index contributed by atoms with van der Waals surface area (Å²) in [6.07, 6.45) is 1.68. The van der Waals surface area contributed by atoms with Gasteiger partial charge in [-0.05, 0) is 37.1 Å². The van der Waals surface area contributed by atoms with Crippen LogP contribution in [0.3, 0.4) is 0 Å². The van der Waals surface area contributed by atoms with Crippen molar-refractivity contribution in [2.24, 2.45) is 0 Å². The summed E-state index contributed by atoms with van der Waals surface area (Å²) in [5.74, 6) is 0.772. The van der Waals surface area contributed by atoms with Gasteiger partial charge in [-0.3, -0.25) is 9.36 Å². The topological polar surface area (TPSA) is 31.2 Å². The molecule has 1 aliphatic heterocycles. The first-order valence-electron chi connectivity index (χ1n) is 7.21. The van der Waals surface area contributed by atoms with Crippen molar-refractivity contribution >= 4 is 10.9 Å². The summed E-state index contributed by atoms with van der Waals surface area (Å²) in [6.45, 7) is 0.686. The number of pyridine rings is 1. The van der Waals surface area contributed by atoms with E-state index in [1.54, 1.807) is 4.57 Å². The Morgan fingerprint density at radius 1 is 0.952 bits per heavy atom. The molecule has 0 unspecified atom stereocenters. The van der Waals surface area contributed by atoms with Gasteiger partial charge in [-0.25, -0.2) is 0 Å². The highest BCUT2D eigenvalue weighted by molar-refractivity contribution is 5.88. The number of ether oxygens (including phenoxy) is 1. The van der Waals surface area contributed by atoms with Crippen LogP contribution in [0.15, 0.2) is 59.4 Å². The fourth-order valence-electron chi connectivity index (χ4n) is 3.01. The Hall–Kier alpha value is -2.55. The largest absolute Gasteiger partial charge is 0.492 e. The van der Waals surface area contributed by atoms with Crippen molar-refractivity contribution in [1.29, 1.82) is 0 Å². The molecule has 0 radical (unpaired) electrons. The minimum absolute atomic E-state index is 0.0367. The number of para-hydroxylation sites is 2. The van der Waals surface area contributed by atoms with E-state index in [9.17, 15) is 4.79 Å². The molecule has 104 valence electrons. The number of hydrogen-bond donors (Lipinski definition) is 0. The van der Waals surface area contributed by atoms with E-state index in [-0.39, 0.29) is 5.56 Å². The van der Waals surface area contributed by atoms with E-state index in [1.165, 1.54) is 0 Å². The first kappa shape index (κ1) is 12.2. The van der Waals surface area contributed by atoms with Crippen LogP contribution in [0.1, 0.15) is 12.0 Å². The van der Waals surface area contributed by atoms with Gasteiger partial charge < -0.3 is 4.74 Å². The van der Waals surface area contributed by atoms with Crippen molar-refractivity contribution < 1.29 is 4.74 Å². The molecule has 0 N–H and O–H groups in total. The van der Waals surface area contributed by atoms with Crippen LogP contribution in [-0.4, -0.2) is 11.2 Å². The number of rotatable bonds is 1. The molecule has 3 nitrogen and oxygen atoms in total. The van der Waals surface area contributed by atoms with Gasteiger partial charge in [0.1, 0.15) is 5.75 Å². The molecule has 0 spiro atoms. The second kappa shape index (κ2) is 4.77. The zero-order valence-electron chi connectivity index (χ0n) is 11.6. The van der Waals surface area contributed by atoms with Crippen molar-refractivity contribution in [3.8, 4) is 11.4 Å². The predicted molar refractivity (Wildman–Crippen MR) is 83.4 cm³/mol. The molecule has 0 bridgehead atoms. The van der Waals surface area contributed by atoms with Gasteiger partial charge in [-0.1, -0.05) is 30.3 Å². The maximum atomic E-state index is 12.9. The van der Waals surface area contributed by atoms with Crippen molar-refractivity contribution in [3.63, 3.8) is 0 Å². The summed E-state index contributed by atoms with van der Waals surface area (Å²) in [4.78, 5) is 12.9. The fraction of sp³-hybridized carbons (Fsp3) is 0.167. The summed E-state index contributed by atoms with van der Waals surface area (Å²) in [7, 11) is 0. The van der Waals surface area contributed by atoms with Gasteiger partial charge in [0.15, 0.2) is 0 Å². The molecule has 0 fully saturated rings. The van der Waals surface area contributed by atoms with E-state index in [0.717, 1.165) is 40.7 Å². The van der Waals surface area contributed by atoms with Crippen LogP contribution in [0.4, 0.5) is 0 Å². The number of benzene rings is 2. The Balaban J connectivity index is 2.16. The van der Waals surface area contributed by atoms with Crippen molar-refractivity contribution in [3.05, 3.63) is 70.5 Å². The van der Waals surface area contributed by atoms with Gasteiger partial charge >= 0.3 is 0 Å². The van der Waals surface area contributed by atoms with Gasteiger partial charge in [0.2, 0.25) is 0 Å². The average molecular weight is 277 g/mol. The molecule has 3 heteroatoms. The maximum absolute atomic E-state index is 12.9. The highest BCUT2D eigenvalue weighted by Crippen LogP contribution is 2.32. The van der Waals surface area contributed by atoms with Gasteiger partial charge in [0, 0.05) is 11.1 Å². The summed E-state index contributed by atoms with van der Waals surface area (Å²) in [5, 5.41) is 1.01. The third-order valence-corrected chi connectivity index (χ3v) is 3.96. The normalized spacial score (nSPS) is 13.7. The molecule has 0 aliphatic carbocycles. The van der Waals surface area contributed by atoms with Crippen LogP contribution in [0.25, 0.3) is 16.6 Å². The summed E-state index contributed by atoms with van der Waals surface area (Å²) in [6, 6.07) is 17.7. The molecule has 4 rings (SSSR count). The van der Waals surface area contributed by atoms with Gasteiger partial charge in [-0.2, -0.15) is 0 Å². The van der Waals surface area contributed by atoms with E-state index in [4.69, 9.17) is 4.74 Å². The zero-order chi connectivity index (χ0) is 14.2. The van der Waals surface area contributed by atoms with E-state index in [2.05, 4.69) is 0 Å². The Morgan fingerprint density at radius 3 is 2.57 bits per heavy atom. The van der Waals surface area contributed by atoms with Crippen LogP contribution >= 0.6 is 0 Å². The lowest BCUT2D eigenvalue weighted by Crippen LogP contribution is -2.26. The number of aromatic nitrogens is 1. The minimum Gasteiger partial charge on any atom is -0.492 e. The second-order valence-corrected chi connectivity index (χ2v) is 5.25. The monoisotopic (exact) mass is 277 g/mol. The molecule has 2 heterocycles.